The number of H-pyrrole nitrogens is 2. The maximum Gasteiger partial charge on any atom is 0.323 e. The maximum atomic E-state index is 11.8. The van der Waals surface area contributed by atoms with E-state index >= 15 is 0 Å². The molecule has 0 aliphatic carbocycles. The number of nitrogens with zero attached hydrogens (tertiary/aromatic N) is 3. The molecular weight excluding hydrogens is 558 g/mol. The normalized spacial score (nSPS) is 14.1. The van der Waals surface area contributed by atoms with Gasteiger partial charge in [0, 0.05) is 43.2 Å². The number of halogens is 1. The minimum Gasteiger partial charge on any atom is -0.380 e. The molecule has 216 valence electrons. The summed E-state index contributed by atoms with van der Waals surface area (Å²) >= 11 is 6.78. The zero-order valence-electron chi connectivity index (χ0n) is 23.7. The molecule has 8 nitrogen and oxygen atoms in total. The highest BCUT2D eigenvalue weighted by Crippen LogP contribution is 2.40. The maximum absolute atomic E-state index is 11.8. The first kappa shape index (κ1) is 29.4. The molecule has 2 heterocycles. The summed E-state index contributed by atoms with van der Waals surface area (Å²) in [7, 11) is 0. The molecule has 0 spiro atoms. The number of rotatable bonds is 10. The molecule has 1 aliphatic rings. The summed E-state index contributed by atoms with van der Waals surface area (Å²) < 4.78 is 0. The number of anilines is 1. The summed E-state index contributed by atoms with van der Waals surface area (Å²) in [5.41, 5.74) is 7.52. The van der Waals surface area contributed by atoms with Crippen molar-refractivity contribution in [3.8, 4) is 6.07 Å². The van der Waals surface area contributed by atoms with Crippen LogP contribution < -0.4 is 15.9 Å². The predicted molar refractivity (Wildman–Crippen MR) is 177 cm³/mol. The van der Waals surface area contributed by atoms with E-state index in [1.807, 2.05) is 54.6 Å². The molecule has 9 heteroatoms. The summed E-state index contributed by atoms with van der Waals surface area (Å²) in [5, 5.41) is 21.4. The van der Waals surface area contributed by atoms with Gasteiger partial charge in [-0.1, -0.05) is 42.0 Å². The van der Waals surface area contributed by atoms with E-state index in [9.17, 15) is 10.1 Å². The lowest BCUT2D eigenvalue weighted by molar-refractivity contribution is 0.794. The van der Waals surface area contributed by atoms with E-state index in [1.54, 1.807) is 6.08 Å². The van der Waals surface area contributed by atoms with Crippen molar-refractivity contribution in [2.75, 3.05) is 18.0 Å². The average molecular weight is 590 g/mol. The van der Waals surface area contributed by atoms with E-state index in [0.29, 0.717) is 39.5 Å². The van der Waals surface area contributed by atoms with Gasteiger partial charge in [0.25, 0.3) is 0 Å². The number of nitriles is 1. The van der Waals surface area contributed by atoms with E-state index in [2.05, 4.69) is 56.7 Å². The molecule has 1 aliphatic heterocycles. The van der Waals surface area contributed by atoms with Crippen LogP contribution >= 0.6 is 11.6 Å². The molecule has 5 rings (SSSR count). The summed E-state index contributed by atoms with van der Waals surface area (Å²) in [4.78, 5) is 24.0. The largest absolute Gasteiger partial charge is 0.380 e. The van der Waals surface area contributed by atoms with Crippen molar-refractivity contribution in [1.82, 2.24) is 15.3 Å². The van der Waals surface area contributed by atoms with Crippen LogP contribution in [0.25, 0.3) is 16.7 Å². The lowest BCUT2D eigenvalue weighted by Crippen LogP contribution is -2.26. The van der Waals surface area contributed by atoms with Crippen molar-refractivity contribution in [1.29, 1.82) is 10.7 Å². The fourth-order valence-electron chi connectivity index (χ4n) is 5.52. The minimum absolute atomic E-state index is 0.272. The summed E-state index contributed by atoms with van der Waals surface area (Å²) in [5.74, 6) is -0.302. The third-order valence-corrected chi connectivity index (χ3v) is 7.89. The number of imidazole rings is 1. The highest BCUT2D eigenvalue weighted by molar-refractivity contribution is 6.33. The number of nitrogens with one attached hydrogen (secondary N) is 4. The molecule has 1 atom stereocenters. The molecular formula is C34H32ClN7O. The molecule has 0 fully saturated rings. The van der Waals surface area contributed by atoms with Gasteiger partial charge in [-0.15, -0.1) is 6.58 Å². The number of hydrogen-bond acceptors (Lipinski definition) is 6. The molecule has 0 radical (unpaired) electrons. The van der Waals surface area contributed by atoms with Crippen LogP contribution in [0.5, 0.6) is 0 Å². The Kier molecular flexibility index (Phi) is 9.04. The van der Waals surface area contributed by atoms with Gasteiger partial charge in [0.1, 0.15) is 0 Å². The molecule has 0 bridgehead atoms. The number of benzene rings is 3. The summed E-state index contributed by atoms with van der Waals surface area (Å²) in [6, 6.07) is 17.5. The van der Waals surface area contributed by atoms with E-state index < -0.39 is 0 Å². The Hall–Kier alpha value is -5.13. The zero-order chi connectivity index (χ0) is 30.3. The SMILES string of the molecule is C=CC(c1ccc2[nH]c(=O)[nH]c2c1)c1cc(/C(=C/C=N)NCc2ccc(C#N)cc2N2CCC=CCC2)cc(Cl)c1N=C. The van der Waals surface area contributed by atoms with Gasteiger partial charge < -0.3 is 25.6 Å². The van der Waals surface area contributed by atoms with Gasteiger partial charge in [-0.3, -0.25) is 4.99 Å². The summed E-state index contributed by atoms with van der Waals surface area (Å²) in [6.07, 6.45) is 11.0. The molecule has 43 heavy (non-hydrogen) atoms. The second-order valence-corrected chi connectivity index (χ2v) is 10.7. The van der Waals surface area contributed by atoms with Crippen molar-refractivity contribution in [3.05, 3.63) is 123 Å². The molecule has 0 saturated carbocycles. The van der Waals surface area contributed by atoms with Crippen molar-refractivity contribution < 1.29 is 0 Å². The Morgan fingerprint density at radius 1 is 1.14 bits per heavy atom. The topological polar surface area (TPSA) is 124 Å². The molecule has 4 N–H and O–H groups in total. The smallest absolute Gasteiger partial charge is 0.323 e. The van der Waals surface area contributed by atoms with Crippen LogP contribution in [-0.2, 0) is 6.54 Å². The number of aromatic amines is 2. The Bertz CT molecular complexity index is 1850. The van der Waals surface area contributed by atoms with Crippen LogP contribution in [0, 0.1) is 16.7 Å². The van der Waals surface area contributed by atoms with E-state index in [4.69, 9.17) is 17.0 Å². The molecule has 3 aromatic carbocycles. The second kappa shape index (κ2) is 13.2. The first-order valence-electron chi connectivity index (χ1n) is 14.0. The molecule has 0 amide bonds. The fourth-order valence-corrected chi connectivity index (χ4v) is 5.81. The van der Waals surface area contributed by atoms with E-state index in [0.717, 1.165) is 53.9 Å². The van der Waals surface area contributed by atoms with Crippen LogP contribution in [0.3, 0.4) is 0 Å². The van der Waals surface area contributed by atoms with Crippen LogP contribution in [0.1, 0.15) is 46.6 Å². The quantitative estimate of drug-likeness (QED) is 0.118. The number of hydrogen-bond donors (Lipinski definition) is 4. The Labute approximate surface area is 255 Å². The lowest BCUT2D eigenvalue weighted by Gasteiger charge is -2.26. The predicted octanol–water partition coefficient (Wildman–Crippen LogP) is 6.97. The fraction of sp³-hybridized carbons (Fsp3) is 0.176. The minimum atomic E-state index is -0.302. The standard InChI is InChI=1S/C34H32ClN7O/c1-3-26(23-10-11-30-31(19-23)41-34(43)40-30)27-17-25(18-28(35)33(27)38-2)29(12-13-36)39-21-24-9-8-22(20-37)16-32(24)42-14-6-4-5-7-15-42/h3-5,8-13,16-19,26,36,39H,1-2,6-7,14-15,21H2,(H2,40,41,43)/b29-12-,36-13?. The van der Waals surface area contributed by atoms with Gasteiger partial charge >= 0.3 is 5.69 Å². The van der Waals surface area contributed by atoms with Crippen molar-refractivity contribution in [3.63, 3.8) is 0 Å². The number of aromatic nitrogens is 2. The highest BCUT2D eigenvalue weighted by atomic mass is 35.5. The van der Waals surface area contributed by atoms with Gasteiger partial charge in [0.15, 0.2) is 0 Å². The van der Waals surface area contributed by atoms with Crippen LogP contribution in [-0.4, -0.2) is 36.0 Å². The van der Waals surface area contributed by atoms with Gasteiger partial charge in [-0.05, 0) is 84.3 Å². The van der Waals surface area contributed by atoms with Gasteiger partial charge in [0.2, 0.25) is 0 Å². The molecule has 0 saturated heterocycles. The van der Waals surface area contributed by atoms with E-state index in [1.165, 1.54) is 6.21 Å². The van der Waals surface area contributed by atoms with Crippen LogP contribution in [0.4, 0.5) is 11.4 Å². The lowest BCUT2D eigenvalue weighted by atomic mass is 9.88. The Balaban J connectivity index is 1.50. The van der Waals surface area contributed by atoms with Crippen molar-refractivity contribution >= 4 is 52.6 Å². The van der Waals surface area contributed by atoms with Crippen LogP contribution in [0.15, 0.2) is 89.2 Å². The molecule has 1 aromatic heterocycles. The number of allylic oxidation sites excluding steroid dienone is 2. The first-order valence-corrected chi connectivity index (χ1v) is 14.4. The van der Waals surface area contributed by atoms with E-state index in [-0.39, 0.29) is 11.6 Å². The second-order valence-electron chi connectivity index (χ2n) is 10.2. The first-order chi connectivity index (χ1) is 20.9. The Morgan fingerprint density at radius 3 is 2.60 bits per heavy atom. The van der Waals surface area contributed by atoms with Crippen molar-refractivity contribution in [2.45, 2.75) is 25.3 Å². The van der Waals surface area contributed by atoms with Gasteiger partial charge in [-0.25, -0.2) is 4.79 Å². The third kappa shape index (κ3) is 6.37. The average Bonchev–Trinajstić information content (AvgIpc) is 3.19. The van der Waals surface area contributed by atoms with Crippen molar-refractivity contribution in [2.24, 2.45) is 4.99 Å². The Morgan fingerprint density at radius 2 is 1.91 bits per heavy atom. The highest BCUT2D eigenvalue weighted by Gasteiger charge is 2.20. The van der Waals surface area contributed by atoms with Gasteiger partial charge in [0.05, 0.1) is 33.4 Å². The molecule has 1 unspecified atom stereocenters. The monoisotopic (exact) mass is 589 g/mol. The zero-order valence-corrected chi connectivity index (χ0v) is 24.4. The number of aliphatic imine (C=N–C) groups is 1. The van der Waals surface area contributed by atoms with Gasteiger partial charge in [-0.2, -0.15) is 5.26 Å². The third-order valence-electron chi connectivity index (χ3n) is 7.60. The number of fused-ring (bicyclic) bond motifs is 1. The molecule has 4 aromatic rings. The summed E-state index contributed by atoms with van der Waals surface area (Å²) in [6.45, 7) is 10.1. The van der Waals surface area contributed by atoms with Crippen LogP contribution in [0.2, 0.25) is 5.02 Å².